The highest BCUT2D eigenvalue weighted by Crippen LogP contribution is 2.38. The zero-order valence-corrected chi connectivity index (χ0v) is 14.8. The lowest BCUT2D eigenvalue weighted by Crippen LogP contribution is -2.42. The highest BCUT2D eigenvalue weighted by molar-refractivity contribution is 5.74. The maximum atomic E-state index is 12.2. The number of aliphatic hydroxyl groups excluding tert-OH is 1. The Hall–Kier alpha value is -2.73. The van der Waals surface area contributed by atoms with Crippen LogP contribution in [0.15, 0.2) is 36.4 Å². The van der Waals surface area contributed by atoms with Crippen LogP contribution in [0.25, 0.3) is 0 Å². The van der Waals surface area contributed by atoms with Crippen LogP contribution in [0.2, 0.25) is 0 Å². The highest BCUT2D eigenvalue weighted by atomic mass is 16.5. The molecule has 1 aliphatic carbocycles. The van der Waals surface area contributed by atoms with Crippen LogP contribution in [0, 0.1) is 0 Å². The molecule has 2 unspecified atom stereocenters. The summed E-state index contributed by atoms with van der Waals surface area (Å²) in [6.07, 6.45) is 0.174. The molecule has 0 heterocycles. The third kappa shape index (κ3) is 3.46. The van der Waals surface area contributed by atoms with Crippen LogP contribution < -0.4 is 4.74 Å². The van der Waals surface area contributed by atoms with Gasteiger partial charge < -0.3 is 25.0 Å². The van der Waals surface area contributed by atoms with Crippen molar-refractivity contribution in [3.05, 3.63) is 53.1 Å². The van der Waals surface area contributed by atoms with Crippen LogP contribution in [0.4, 0.5) is 0 Å². The van der Waals surface area contributed by atoms with Crippen molar-refractivity contribution in [2.75, 3.05) is 13.7 Å². The lowest BCUT2D eigenvalue weighted by Gasteiger charge is -2.30. The van der Waals surface area contributed by atoms with E-state index < -0.39 is 6.10 Å². The fraction of sp³-hybridized carbons (Fsp3) is 0.350. The van der Waals surface area contributed by atoms with Crippen molar-refractivity contribution in [1.29, 1.82) is 0 Å². The van der Waals surface area contributed by atoms with Gasteiger partial charge in [-0.05, 0) is 42.2 Å². The lowest BCUT2D eigenvalue weighted by molar-refractivity contribution is -0.132. The highest BCUT2D eigenvalue weighted by Gasteiger charge is 2.32. The van der Waals surface area contributed by atoms with Crippen LogP contribution in [-0.2, 0) is 17.6 Å². The average molecular weight is 357 g/mol. The predicted octanol–water partition coefficient (Wildman–Crippen LogP) is 2.16. The van der Waals surface area contributed by atoms with Gasteiger partial charge in [-0.3, -0.25) is 4.79 Å². The van der Waals surface area contributed by atoms with Crippen LogP contribution in [0.1, 0.15) is 29.7 Å². The van der Waals surface area contributed by atoms with Gasteiger partial charge in [-0.15, -0.1) is 0 Å². The van der Waals surface area contributed by atoms with Gasteiger partial charge in [-0.1, -0.05) is 18.2 Å². The molecule has 0 saturated heterocycles. The Bertz CT molecular complexity index is 820. The Morgan fingerprint density at radius 3 is 2.73 bits per heavy atom. The molecule has 0 saturated carbocycles. The van der Waals surface area contributed by atoms with Crippen molar-refractivity contribution in [2.45, 2.75) is 31.9 Å². The van der Waals surface area contributed by atoms with E-state index in [-0.39, 0.29) is 30.0 Å². The number of hydrogen-bond donors (Lipinski definition) is 3. The third-order valence-corrected chi connectivity index (χ3v) is 4.95. The Balaban J connectivity index is 1.78. The second-order valence-electron chi connectivity index (χ2n) is 6.60. The summed E-state index contributed by atoms with van der Waals surface area (Å²) in [6.45, 7) is 1.62. The van der Waals surface area contributed by atoms with Crippen molar-refractivity contribution < 1.29 is 24.9 Å². The zero-order chi connectivity index (χ0) is 18.8. The number of aromatic hydroxyl groups is 2. The normalized spacial score (nSPS) is 16.8. The first-order valence-electron chi connectivity index (χ1n) is 8.52. The minimum absolute atomic E-state index is 0.123. The van der Waals surface area contributed by atoms with Gasteiger partial charge in [0.15, 0.2) is 11.5 Å². The molecule has 0 bridgehead atoms. The molecule has 0 spiro atoms. The first-order chi connectivity index (χ1) is 12.4. The maximum absolute atomic E-state index is 12.2. The number of hydrogen-bond acceptors (Lipinski definition) is 5. The molecular weight excluding hydrogens is 334 g/mol. The van der Waals surface area contributed by atoms with Crippen molar-refractivity contribution in [2.24, 2.45) is 0 Å². The lowest BCUT2D eigenvalue weighted by atomic mass is 10.1. The number of phenolic OH excluding ortho intramolecular Hbond substituents is 2. The van der Waals surface area contributed by atoms with Crippen LogP contribution in [0.3, 0.4) is 0 Å². The van der Waals surface area contributed by atoms with Gasteiger partial charge in [0.2, 0.25) is 5.91 Å². The molecule has 3 N–H and O–H groups in total. The molecule has 2 aromatic rings. The van der Waals surface area contributed by atoms with Gasteiger partial charge in [0.1, 0.15) is 5.75 Å². The van der Waals surface area contributed by atoms with Gasteiger partial charge >= 0.3 is 0 Å². The average Bonchev–Trinajstić information content (AvgIpc) is 3.07. The summed E-state index contributed by atoms with van der Waals surface area (Å²) in [5.74, 6) is 0.218. The van der Waals surface area contributed by atoms with Crippen molar-refractivity contribution in [3.63, 3.8) is 0 Å². The van der Waals surface area contributed by atoms with Gasteiger partial charge in [0.25, 0.3) is 0 Å². The molecule has 2 atom stereocenters. The van der Waals surface area contributed by atoms with Gasteiger partial charge in [0.05, 0.1) is 19.8 Å². The second-order valence-corrected chi connectivity index (χ2v) is 6.60. The first kappa shape index (κ1) is 18.1. The number of fused-ring (bicyclic) bond motifs is 1. The molecule has 0 aromatic heterocycles. The number of benzene rings is 2. The predicted molar refractivity (Wildman–Crippen MR) is 96.3 cm³/mol. The molecule has 3 rings (SSSR count). The number of methoxy groups -OCH3 is 1. The number of nitrogens with zero attached hydrogens (tertiary/aromatic N) is 1. The van der Waals surface area contributed by atoms with E-state index in [1.54, 1.807) is 42.3 Å². The largest absolute Gasteiger partial charge is 0.504 e. The molecule has 1 amide bonds. The number of rotatable bonds is 5. The van der Waals surface area contributed by atoms with Crippen molar-refractivity contribution >= 4 is 5.91 Å². The van der Waals surface area contributed by atoms with E-state index in [9.17, 15) is 20.1 Å². The van der Waals surface area contributed by atoms with E-state index in [1.807, 2.05) is 0 Å². The van der Waals surface area contributed by atoms with Crippen LogP contribution in [0.5, 0.6) is 17.2 Å². The summed E-state index contributed by atoms with van der Waals surface area (Å²) in [5, 5.41) is 30.3. The second kappa shape index (κ2) is 7.25. The molecule has 138 valence electrons. The van der Waals surface area contributed by atoms with Crippen LogP contribution >= 0.6 is 0 Å². The fourth-order valence-electron chi connectivity index (χ4n) is 3.54. The Labute approximate surface area is 152 Å². The number of phenols is 2. The smallest absolute Gasteiger partial charge is 0.219 e. The topological polar surface area (TPSA) is 90.2 Å². The molecule has 0 aliphatic heterocycles. The summed E-state index contributed by atoms with van der Waals surface area (Å²) in [5.41, 5.74) is 2.25. The Morgan fingerprint density at radius 1 is 1.27 bits per heavy atom. The molecule has 6 nitrogen and oxygen atoms in total. The quantitative estimate of drug-likeness (QED) is 0.714. The van der Waals surface area contributed by atoms with E-state index in [0.29, 0.717) is 29.7 Å². The molecule has 0 radical (unpaired) electrons. The molecule has 6 heteroatoms. The molecule has 2 aromatic carbocycles. The monoisotopic (exact) mass is 357 g/mol. The summed E-state index contributed by atoms with van der Waals surface area (Å²) < 4.78 is 5.18. The Kier molecular flexibility index (Phi) is 5.04. The Morgan fingerprint density at radius 2 is 2.04 bits per heavy atom. The number of amides is 1. The van der Waals surface area contributed by atoms with Crippen molar-refractivity contribution in [1.82, 2.24) is 4.90 Å². The molecule has 1 aliphatic rings. The van der Waals surface area contributed by atoms with Crippen LogP contribution in [-0.4, -0.2) is 45.8 Å². The summed E-state index contributed by atoms with van der Waals surface area (Å²) in [4.78, 5) is 13.8. The third-order valence-electron chi connectivity index (χ3n) is 4.95. The minimum Gasteiger partial charge on any atom is -0.504 e. The zero-order valence-electron chi connectivity index (χ0n) is 14.8. The maximum Gasteiger partial charge on any atom is 0.219 e. The number of ether oxygens (including phenoxy) is 1. The van der Waals surface area contributed by atoms with E-state index in [0.717, 1.165) is 5.56 Å². The number of carbonyl (C=O) groups is 1. The SMILES string of the molecule is COc1cccc(C(O)CN(C(C)=O)C2Cc3ccc(O)c(O)c3C2)c1. The molecule has 26 heavy (non-hydrogen) atoms. The molecule has 0 fully saturated rings. The van der Waals surface area contributed by atoms with E-state index in [4.69, 9.17) is 4.74 Å². The summed E-state index contributed by atoms with van der Waals surface area (Å²) in [6, 6.07) is 10.2. The van der Waals surface area contributed by atoms with E-state index >= 15 is 0 Å². The molecular formula is C20H23NO5. The van der Waals surface area contributed by atoms with Gasteiger partial charge in [-0.2, -0.15) is 0 Å². The van der Waals surface area contributed by atoms with E-state index in [2.05, 4.69) is 0 Å². The summed E-state index contributed by atoms with van der Waals surface area (Å²) >= 11 is 0. The summed E-state index contributed by atoms with van der Waals surface area (Å²) in [7, 11) is 1.56. The van der Waals surface area contributed by atoms with Gasteiger partial charge in [-0.25, -0.2) is 0 Å². The first-order valence-corrected chi connectivity index (χ1v) is 8.52. The van der Waals surface area contributed by atoms with E-state index in [1.165, 1.54) is 13.0 Å². The minimum atomic E-state index is -0.847. The number of carbonyl (C=O) groups excluding carboxylic acids is 1. The standard InChI is InChI=1S/C20H23NO5/c1-12(22)21(11-19(24)14-4-3-5-16(9-14)26-2)15-8-13-6-7-18(23)20(25)17(13)10-15/h3-7,9,15,19,23-25H,8,10-11H2,1-2H3. The fourth-order valence-corrected chi connectivity index (χ4v) is 3.54. The van der Waals surface area contributed by atoms with Crippen molar-refractivity contribution in [3.8, 4) is 17.2 Å². The number of aliphatic hydroxyl groups is 1. The van der Waals surface area contributed by atoms with Gasteiger partial charge in [0, 0.05) is 18.5 Å².